The average molecular weight is 431 g/mol. The summed E-state index contributed by atoms with van der Waals surface area (Å²) < 4.78 is 13.6. The topological polar surface area (TPSA) is 106 Å². The SMILES string of the molecule is C1CC1.CC(Sc1nc(NCCO)nc(NN(C)O)n1)c1ccc(Cl)c(F)c1. The molecule has 0 amide bonds. The Morgan fingerprint density at radius 1 is 1.25 bits per heavy atom. The standard InChI is InChI=1S/C14H18ClFN6O2S.C3H6/c1-8(9-3-4-10(15)11(16)7-9)25-14-19-12(17-5-6-23)18-13(20-14)21-22(2)24;1-2-3-1/h3-4,7-8,23-24H,5-6H2,1-2H3,(H2,17,18,19,20,21);1-3H2. The minimum Gasteiger partial charge on any atom is -0.395 e. The van der Waals surface area contributed by atoms with Gasteiger partial charge < -0.3 is 10.4 Å². The number of hydrazine groups is 1. The maximum Gasteiger partial charge on any atom is 0.245 e. The van der Waals surface area contributed by atoms with E-state index in [2.05, 4.69) is 25.7 Å². The van der Waals surface area contributed by atoms with Crippen LogP contribution in [0.15, 0.2) is 23.4 Å². The highest BCUT2D eigenvalue weighted by Crippen LogP contribution is 2.34. The van der Waals surface area contributed by atoms with E-state index in [-0.39, 0.29) is 35.3 Å². The number of hydrogen-bond donors (Lipinski definition) is 4. The summed E-state index contributed by atoms with van der Waals surface area (Å²) in [6.07, 6.45) is 4.50. The van der Waals surface area contributed by atoms with E-state index in [1.54, 1.807) is 6.07 Å². The summed E-state index contributed by atoms with van der Waals surface area (Å²) in [5, 5.41) is 22.0. The van der Waals surface area contributed by atoms with Crippen molar-refractivity contribution in [3.05, 3.63) is 34.6 Å². The van der Waals surface area contributed by atoms with Crippen LogP contribution < -0.4 is 10.7 Å². The Morgan fingerprint density at radius 3 is 2.50 bits per heavy atom. The first-order valence-corrected chi connectivity index (χ1v) is 10.1. The molecule has 1 saturated carbocycles. The number of hydrogen-bond acceptors (Lipinski definition) is 9. The van der Waals surface area contributed by atoms with Gasteiger partial charge in [0, 0.05) is 18.8 Å². The first-order valence-electron chi connectivity index (χ1n) is 8.80. The Morgan fingerprint density at radius 2 is 1.93 bits per heavy atom. The Bertz CT molecular complexity index is 766. The molecule has 28 heavy (non-hydrogen) atoms. The molecule has 2 aromatic rings. The van der Waals surface area contributed by atoms with Gasteiger partial charge in [0.25, 0.3) is 0 Å². The van der Waals surface area contributed by atoms with Gasteiger partial charge in [-0.3, -0.25) is 10.6 Å². The lowest BCUT2D eigenvalue weighted by Crippen LogP contribution is -2.23. The Kier molecular flexibility index (Phi) is 9.13. The summed E-state index contributed by atoms with van der Waals surface area (Å²) in [6.45, 7) is 2.06. The monoisotopic (exact) mass is 430 g/mol. The van der Waals surface area contributed by atoms with Gasteiger partial charge in [-0.05, 0) is 24.6 Å². The molecule has 0 aliphatic heterocycles. The van der Waals surface area contributed by atoms with Crippen LogP contribution in [0.1, 0.15) is 37.0 Å². The minimum atomic E-state index is -0.489. The largest absolute Gasteiger partial charge is 0.395 e. The molecule has 1 aromatic heterocycles. The quantitative estimate of drug-likeness (QED) is 0.368. The molecule has 0 spiro atoms. The first-order chi connectivity index (χ1) is 13.4. The summed E-state index contributed by atoms with van der Waals surface area (Å²) in [6, 6.07) is 4.60. The molecule has 154 valence electrons. The van der Waals surface area contributed by atoms with Crippen LogP contribution in [0.25, 0.3) is 0 Å². The van der Waals surface area contributed by atoms with Crippen molar-refractivity contribution in [2.45, 2.75) is 36.6 Å². The summed E-state index contributed by atoms with van der Waals surface area (Å²) in [5.74, 6) is -0.125. The summed E-state index contributed by atoms with van der Waals surface area (Å²) in [7, 11) is 1.37. The van der Waals surface area contributed by atoms with Gasteiger partial charge in [-0.25, -0.2) is 4.39 Å². The molecular weight excluding hydrogens is 407 g/mol. The van der Waals surface area contributed by atoms with E-state index in [1.165, 1.54) is 50.2 Å². The molecule has 11 heteroatoms. The predicted octanol–water partition coefficient (Wildman–Crippen LogP) is 3.74. The summed E-state index contributed by atoms with van der Waals surface area (Å²) in [4.78, 5) is 12.5. The van der Waals surface area contributed by atoms with Crippen molar-refractivity contribution in [1.29, 1.82) is 0 Å². The fourth-order valence-electron chi connectivity index (χ4n) is 1.84. The van der Waals surface area contributed by atoms with Crippen LogP contribution in [0.4, 0.5) is 16.3 Å². The van der Waals surface area contributed by atoms with Crippen LogP contribution in [0.2, 0.25) is 5.02 Å². The molecule has 1 atom stereocenters. The van der Waals surface area contributed by atoms with Gasteiger partial charge in [0.1, 0.15) is 5.82 Å². The zero-order valence-electron chi connectivity index (χ0n) is 15.7. The van der Waals surface area contributed by atoms with E-state index in [4.69, 9.17) is 16.7 Å². The number of aliphatic hydroxyl groups is 1. The summed E-state index contributed by atoms with van der Waals surface area (Å²) >= 11 is 6.99. The second-order valence-corrected chi connectivity index (χ2v) is 7.76. The number of aliphatic hydroxyl groups excluding tert-OH is 1. The minimum absolute atomic E-state index is 0.0640. The molecule has 0 saturated heterocycles. The van der Waals surface area contributed by atoms with Crippen molar-refractivity contribution in [3.8, 4) is 0 Å². The van der Waals surface area contributed by atoms with Gasteiger partial charge in [0.15, 0.2) is 5.16 Å². The van der Waals surface area contributed by atoms with Crippen LogP contribution >= 0.6 is 23.4 Å². The van der Waals surface area contributed by atoms with Gasteiger partial charge in [-0.15, -0.1) is 5.17 Å². The lowest BCUT2D eigenvalue weighted by molar-refractivity contribution is -0.0395. The van der Waals surface area contributed by atoms with Crippen molar-refractivity contribution in [3.63, 3.8) is 0 Å². The normalized spacial score (nSPS) is 13.5. The van der Waals surface area contributed by atoms with Crippen LogP contribution in [-0.4, -0.2) is 50.6 Å². The number of halogens is 2. The molecule has 8 nitrogen and oxygen atoms in total. The fraction of sp³-hybridized carbons (Fsp3) is 0.471. The van der Waals surface area contributed by atoms with Crippen molar-refractivity contribution >= 4 is 35.3 Å². The van der Waals surface area contributed by atoms with Crippen LogP contribution in [0.3, 0.4) is 0 Å². The third-order valence-corrected chi connectivity index (χ3v) is 4.65. The number of nitrogens with zero attached hydrogens (tertiary/aromatic N) is 4. The number of nitrogens with one attached hydrogen (secondary N) is 2. The van der Waals surface area contributed by atoms with Gasteiger partial charge in [0.2, 0.25) is 11.9 Å². The second kappa shape index (κ2) is 11.3. The van der Waals surface area contributed by atoms with Crippen LogP contribution in [0, 0.1) is 5.82 Å². The molecule has 1 fully saturated rings. The van der Waals surface area contributed by atoms with Crippen molar-refractivity contribution in [2.24, 2.45) is 0 Å². The molecule has 4 N–H and O–H groups in total. The Hall–Kier alpha value is -1.72. The van der Waals surface area contributed by atoms with E-state index in [1.807, 2.05) is 6.92 Å². The average Bonchev–Trinajstić information content (AvgIpc) is 3.50. The molecule has 0 bridgehead atoms. The molecule has 1 unspecified atom stereocenters. The number of rotatable bonds is 8. The zero-order chi connectivity index (χ0) is 20.5. The Labute approximate surface area is 172 Å². The number of benzene rings is 1. The number of anilines is 2. The van der Waals surface area contributed by atoms with Gasteiger partial charge >= 0.3 is 0 Å². The smallest absolute Gasteiger partial charge is 0.245 e. The zero-order valence-corrected chi connectivity index (χ0v) is 17.3. The van der Waals surface area contributed by atoms with Crippen molar-refractivity contribution in [2.75, 3.05) is 30.9 Å². The molecular formula is C17H24ClFN6O2S. The van der Waals surface area contributed by atoms with E-state index in [9.17, 15) is 9.60 Å². The number of thioether (sulfide) groups is 1. The van der Waals surface area contributed by atoms with E-state index in [0.29, 0.717) is 10.3 Å². The molecule has 1 aromatic carbocycles. The van der Waals surface area contributed by atoms with Crippen LogP contribution in [0.5, 0.6) is 0 Å². The van der Waals surface area contributed by atoms with E-state index in [0.717, 1.165) is 5.56 Å². The van der Waals surface area contributed by atoms with Gasteiger partial charge in [0.05, 0.1) is 11.6 Å². The first kappa shape index (κ1) is 22.6. The second-order valence-electron chi connectivity index (χ2n) is 6.05. The van der Waals surface area contributed by atoms with Crippen molar-refractivity contribution < 1.29 is 14.7 Å². The molecule has 3 rings (SSSR count). The molecule has 1 aliphatic rings. The van der Waals surface area contributed by atoms with E-state index < -0.39 is 5.82 Å². The molecule has 1 heterocycles. The molecule has 0 radical (unpaired) electrons. The Balaban J connectivity index is 0.000000849. The highest BCUT2D eigenvalue weighted by molar-refractivity contribution is 7.99. The number of hydroxylamine groups is 1. The highest BCUT2D eigenvalue weighted by atomic mass is 35.5. The predicted molar refractivity (Wildman–Crippen MR) is 108 cm³/mol. The number of aromatic nitrogens is 3. The maximum atomic E-state index is 13.6. The van der Waals surface area contributed by atoms with Crippen LogP contribution in [-0.2, 0) is 0 Å². The lowest BCUT2D eigenvalue weighted by atomic mass is 10.2. The lowest BCUT2D eigenvalue weighted by Gasteiger charge is -2.14. The third kappa shape index (κ3) is 8.11. The van der Waals surface area contributed by atoms with Gasteiger partial charge in [-0.2, -0.15) is 15.0 Å². The maximum absolute atomic E-state index is 13.6. The highest BCUT2D eigenvalue weighted by Gasteiger charge is 2.14. The third-order valence-electron chi connectivity index (χ3n) is 3.32. The summed E-state index contributed by atoms with van der Waals surface area (Å²) in [5.41, 5.74) is 3.25. The molecule has 1 aliphatic carbocycles. The van der Waals surface area contributed by atoms with E-state index >= 15 is 0 Å². The fourth-order valence-corrected chi connectivity index (χ4v) is 2.84. The van der Waals surface area contributed by atoms with Gasteiger partial charge in [-0.1, -0.05) is 48.7 Å². The van der Waals surface area contributed by atoms with Crippen molar-refractivity contribution in [1.82, 2.24) is 20.1 Å².